The molecule has 1 aliphatic carbocycles. The largest absolute Gasteiger partial charge is 0.399 e. The number of nitrogen functional groups attached to an aromatic ring is 1. The fourth-order valence-electron chi connectivity index (χ4n) is 1.72. The number of halogens is 1. The molecule has 2 aromatic heterocycles. The van der Waals surface area contributed by atoms with E-state index in [-0.39, 0.29) is 0 Å². The van der Waals surface area contributed by atoms with Crippen molar-refractivity contribution in [2.75, 3.05) is 5.73 Å². The highest BCUT2D eigenvalue weighted by atomic mass is 35.5. The summed E-state index contributed by atoms with van der Waals surface area (Å²) >= 11 is 6.03. The monoisotopic (exact) mass is 207 g/mol. The Labute approximate surface area is 86.5 Å². The highest BCUT2D eigenvalue weighted by molar-refractivity contribution is 6.32. The molecule has 0 aromatic carbocycles. The van der Waals surface area contributed by atoms with Crippen molar-refractivity contribution >= 4 is 22.8 Å². The molecule has 0 radical (unpaired) electrons. The van der Waals surface area contributed by atoms with E-state index in [1.807, 2.05) is 22.7 Å². The highest BCUT2D eigenvalue weighted by Gasteiger charge is 2.28. The second kappa shape index (κ2) is 2.64. The van der Waals surface area contributed by atoms with Gasteiger partial charge < -0.3 is 10.1 Å². The molecule has 3 nitrogen and oxygen atoms in total. The zero-order chi connectivity index (χ0) is 9.71. The smallest absolute Gasteiger partial charge is 0.155 e. The third kappa shape index (κ3) is 1.09. The molecule has 0 saturated heterocycles. The van der Waals surface area contributed by atoms with Gasteiger partial charge in [-0.15, -0.1) is 0 Å². The Morgan fingerprint density at radius 3 is 3.00 bits per heavy atom. The molecular weight excluding hydrogens is 198 g/mol. The van der Waals surface area contributed by atoms with Crippen molar-refractivity contribution in [1.29, 1.82) is 0 Å². The summed E-state index contributed by atoms with van der Waals surface area (Å²) in [5.74, 6) is 1.67. The third-order valence-corrected chi connectivity index (χ3v) is 2.87. The first-order chi connectivity index (χ1) is 6.75. The van der Waals surface area contributed by atoms with Crippen molar-refractivity contribution in [3.8, 4) is 0 Å². The summed E-state index contributed by atoms with van der Waals surface area (Å²) in [6, 6.07) is 3.73. The Kier molecular flexibility index (Phi) is 1.53. The fraction of sp³-hybridized carbons (Fsp3) is 0.300. The van der Waals surface area contributed by atoms with Crippen LogP contribution in [-0.4, -0.2) is 9.38 Å². The van der Waals surface area contributed by atoms with E-state index in [4.69, 9.17) is 17.3 Å². The Morgan fingerprint density at radius 1 is 1.50 bits per heavy atom. The Morgan fingerprint density at radius 2 is 2.29 bits per heavy atom. The van der Waals surface area contributed by atoms with Crippen LogP contribution in [0.15, 0.2) is 18.3 Å². The maximum atomic E-state index is 6.03. The lowest BCUT2D eigenvalue weighted by molar-refractivity contribution is 0.921. The second-order valence-corrected chi connectivity index (χ2v) is 4.11. The van der Waals surface area contributed by atoms with E-state index in [9.17, 15) is 0 Å². The van der Waals surface area contributed by atoms with Crippen LogP contribution >= 0.6 is 11.6 Å². The average Bonchev–Trinajstić information content (AvgIpc) is 2.94. The van der Waals surface area contributed by atoms with Gasteiger partial charge in [-0.1, -0.05) is 11.6 Å². The van der Waals surface area contributed by atoms with Crippen LogP contribution in [0.2, 0.25) is 5.15 Å². The van der Waals surface area contributed by atoms with E-state index < -0.39 is 0 Å². The molecule has 0 bridgehead atoms. The first kappa shape index (κ1) is 8.12. The van der Waals surface area contributed by atoms with Gasteiger partial charge in [-0.2, -0.15) is 0 Å². The molecule has 0 amide bonds. The van der Waals surface area contributed by atoms with Crippen LogP contribution in [0.1, 0.15) is 24.6 Å². The number of nitrogens with zero attached hydrogens (tertiary/aromatic N) is 2. The molecule has 1 aliphatic rings. The standard InChI is InChI=1S/C10H10ClN3/c11-9-8-5-7(12)3-4-14(8)10(13-9)6-1-2-6/h3-6H,1-2,12H2. The summed E-state index contributed by atoms with van der Waals surface area (Å²) in [7, 11) is 0. The molecule has 0 unspecified atom stereocenters. The zero-order valence-electron chi connectivity index (χ0n) is 7.57. The van der Waals surface area contributed by atoms with Gasteiger partial charge in [0.15, 0.2) is 5.15 Å². The molecule has 2 aromatic rings. The van der Waals surface area contributed by atoms with Gasteiger partial charge in [-0.3, -0.25) is 0 Å². The van der Waals surface area contributed by atoms with Gasteiger partial charge in [0.05, 0.1) is 5.52 Å². The van der Waals surface area contributed by atoms with E-state index in [2.05, 4.69) is 4.98 Å². The molecule has 1 saturated carbocycles. The van der Waals surface area contributed by atoms with Crippen molar-refractivity contribution in [1.82, 2.24) is 9.38 Å². The number of hydrogen-bond donors (Lipinski definition) is 1. The highest BCUT2D eigenvalue weighted by Crippen LogP contribution is 2.40. The molecule has 1 fully saturated rings. The van der Waals surface area contributed by atoms with Crippen LogP contribution in [0, 0.1) is 0 Å². The first-order valence-electron chi connectivity index (χ1n) is 4.68. The fourth-order valence-corrected chi connectivity index (χ4v) is 1.95. The average molecular weight is 208 g/mol. The summed E-state index contributed by atoms with van der Waals surface area (Å²) in [5.41, 5.74) is 7.33. The predicted octanol–water partition coefficient (Wildman–Crippen LogP) is 2.45. The number of fused-ring (bicyclic) bond motifs is 1. The lowest BCUT2D eigenvalue weighted by atomic mass is 10.3. The minimum Gasteiger partial charge on any atom is -0.399 e. The van der Waals surface area contributed by atoms with E-state index in [0.29, 0.717) is 11.1 Å². The third-order valence-electron chi connectivity index (χ3n) is 2.59. The maximum absolute atomic E-state index is 6.03. The number of rotatable bonds is 1. The number of imidazole rings is 1. The first-order valence-corrected chi connectivity index (χ1v) is 5.06. The number of nitrogens with two attached hydrogens (primary N) is 1. The van der Waals surface area contributed by atoms with Crippen LogP contribution < -0.4 is 5.73 Å². The van der Waals surface area contributed by atoms with Gasteiger partial charge >= 0.3 is 0 Å². The van der Waals surface area contributed by atoms with Gasteiger partial charge in [0.1, 0.15) is 5.82 Å². The summed E-state index contributed by atoms with van der Waals surface area (Å²) in [5, 5.41) is 0.555. The summed E-state index contributed by atoms with van der Waals surface area (Å²) in [6.07, 6.45) is 4.39. The van der Waals surface area contributed by atoms with E-state index in [1.165, 1.54) is 12.8 Å². The van der Waals surface area contributed by atoms with E-state index >= 15 is 0 Å². The van der Waals surface area contributed by atoms with Crippen LogP contribution in [-0.2, 0) is 0 Å². The molecule has 0 spiro atoms. The summed E-state index contributed by atoms with van der Waals surface area (Å²) < 4.78 is 2.04. The van der Waals surface area contributed by atoms with Crippen molar-refractivity contribution in [3.05, 3.63) is 29.3 Å². The van der Waals surface area contributed by atoms with Gasteiger partial charge in [-0.25, -0.2) is 4.98 Å². The number of hydrogen-bond acceptors (Lipinski definition) is 2. The molecule has 2 N–H and O–H groups in total. The number of aromatic nitrogens is 2. The Hall–Kier alpha value is -1.22. The zero-order valence-corrected chi connectivity index (χ0v) is 8.33. The van der Waals surface area contributed by atoms with Gasteiger partial charge in [0, 0.05) is 17.8 Å². The molecule has 2 heterocycles. The van der Waals surface area contributed by atoms with Gasteiger partial charge in [-0.05, 0) is 25.0 Å². The SMILES string of the molecule is Nc1ccn2c(C3CC3)nc(Cl)c2c1. The predicted molar refractivity (Wildman–Crippen MR) is 56.6 cm³/mol. The Balaban J connectivity index is 2.32. The van der Waals surface area contributed by atoms with Crippen molar-refractivity contribution in [3.63, 3.8) is 0 Å². The summed E-state index contributed by atoms with van der Waals surface area (Å²) in [4.78, 5) is 4.37. The van der Waals surface area contributed by atoms with Crippen LogP contribution in [0.25, 0.3) is 5.52 Å². The summed E-state index contributed by atoms with van der Waals surface area (Å²) in [6.45, 7) is 0. The molecular formula is C10H10ClN3. The number of pyridine rings is 1. The van der Waals surface area contributed by atoms with Gasteiger partial charge in [0.25, 0.3) is 0 Å². The normalized spacial score (nSPS) is 16.4. The molecule has 14 heavy (non-hydrogen) atoms. The van der Waals surface area contributed by atoms with Gasteiger partial charge in [0.2, 0.25) is 0 Å². The Bertz CT molecular complexity index is 499. The van der Waals surface area contributed by atoms with Crippen molar-refractivity contribution in [2.24, 2.45) is 0 Å². The number of anilines is 1. The molecule has 4 heteroatoms. The topological polar surface area (TPSA) is 43.3 Å². The molecule has 0 aliphatic heterocycles. The molecule has 0 atom stereocenters. The van der Waals surface area contributed by atoms with Crippen molar-refractivity contribution < 1.29 is 0 Å². The lowest BCUT2D eigenvalue weighted by Crippen LogP contribution is -1.93. The second-order valence-electron chi connectivity index (χ2n) is 3.75. The minimum absolute atomic E-state index is 0.555. The molecule has 72 valence electrons. The van der Waals surface area contributed by atoms with Crippen LogP contribution in [0.5, 0.6) is 0 Å². The van der Waals surface area contributed by atoms with Crippen LogP contribution in [0.3, 0.4) is 0 Å². The minimum atomic E-state index is 0.555. The molecule has 3 rings (SSSR count). The lowest BCUT2D eigenvalue weighted by Gasteiger charge is -1.99. The van der Waals surface area contributed by atoms with Crippen molar-refractivity contribution in [2.45, 2.75) is 18.8 Å². The maximum Gasteiger partial charge on any atom is 0.155 e. The quantitative estimate of drug-likeness (QED) is 0.781. The van der Waals surface area contributed by atoms with E-state index in [0.717, 1.165) is 17.0 Å². The van der Waals surface area contributed by atoms with Crippen LogP contribution in [0.4, 0.5) is 5.69 Å². The van der Waals surface area contributed by atoms with E-state index in [1.54, 1.807) is 0 Å².